The van der Waals surface area contributed by atoms with Crippen LogP contribution in [0.4, 0.5) is 0 Å². The molecular formula is C11H14N2O2. The van der Waals surface area contributed by atoms with Crippen LogP contribution in [0.1, 0.15) is 5.82 Å². The van der Waals surface area contributed by atoms with Crippen molar-refractivity contribution in [2.75, 3.05) is 7.11 Å². The zero-order valence-corrected chi connectivity index (χ0v) is 8.84. The van der Waals surface area contributed by atoms with Crippen molar-refractivity contribution in [3.05, 3.63) is 30.1 Å². The van der Waals surface area contributed by atoms with E-state index in [1.165, 1.54) is 7.11 Å². The first-order valence-electron chi connectivity index (χ1n) is 4.85. The van der Waals surface area contributed by atoms with E-state index in [9.17, 15) is 5.11 Å². The van der Waals surface area contributed by atoms with Gasteiger partial charge in [-0.05, 0) is 19.1 Å². The van der Waals surface area contributed by atoms with Crippen LogP contribution in [0.3, 0.4) is 0 Å². The summed E-state index contributed by atoms with van der Waals surface area (Å²) in [6.07, 6.45) is -0.790. The number of hydrogen-bond donors (Lipinski definition) is 1. The zero-order chi connectivity index (χ0) is 10.8. The van der Waals surface area contributed by atoms with E-state index in [-0.39, 0.29) is 0 Å². The molecule has 1 N–H and O–H groups in total. The Morgan fingerprint density at radius 1 is 1.47 bits per heavy atom. The standard InChI is InChI=1S/C11H14N2O2/c1-8-12-9-5-3-4-6-10(9)13(8)7-11(14)15-2/h3-6,11,14H,7H2,1-2H3. The summed E-state index contributed by atoms with van der Waals surface area (Å²) >= 11 is 0. The van der Waals surface area contributed by atoms with E-state index in [0.29, 0.717) is 6.54 Å². The molecule has 0 saturated heterocycles. The summed E-state index contributed by atoms with van der Waals surface area (Å²) in [5.41, 5.74) is 1.96. The van der Waals surface area contributed by atoms with Gasteiger partial charge in [-0.3, -0.25) is 0 Å². The van der Waals surface area contributed by atoms with Gasteiger partial charge in [-0.2, -0.15) is 0 Å². The molecule has 2 rings (SSSR count). The second kappa shape index (κ2) is 4.00. The van der Waals surface area contributed by atoms with Crippen LogP contribution in [-0.4, -0.2) is 28.1 Å². The van der Waals surface area contributed by atoms with E-state index < -0.39 is 6.29 Å². The third kappa shape index (κ3) is 1.86. The number of hydrogen-bond acceptors (Lipinski definition) is 3. The predicted molar refractivity (Wildman–Crippen MR) is 57.5 cm³/mol. The van der Waals surface area contributed by atoms with Gasteiger partial charge in [0, 0.05) is 7.11 Å². The summed E-state index contributed by atoms with van der Waals surface area (Å²) in [6, 6.07) is 7.85. The zero-order valence-electron chi connectivity index (χ0n) is 8.84. The van der Waals surface area contributed by atoms with E-state index in [2.05, 4.69) is 4.98 Å². The largest absolute Gasteiger partial charge is 0.366 e. The molecule has 15 heavy (non-hydrogen) atoms. The number of aliphatic hydroxyl groups excluding tert-OH is 1. The number of rotatable bonds is 3. The van der Waals surface area contributed by atoms with Gasteiger partial charge in [0.1, 0.15) is 5.82 Å². The summed E-state index contributed by atoms with van der Waals surface area (Å²) in [5, 5.41) is 9.44. The van der Waals surface area contributed by atoms with Crippen LogP contribution in [0.2, 0.25) is 0 Å². The maximum absolute atomic E-state index is 9.44. The monoisotopic (exact) mass is 206 g/mol. The number of fused-ring (bicyclic) bond motifs is 1. The Kier molecular flexibility index (Phi) is 2.70. The van der Waals surface area contributed by atoms with Crippen molar-refractivity contribution in [1.82, 2.24) is 9.55 Å². The van der Waals surface area contributed by atoms with Gasteiger partial charge in [-0.25, -0.2) is 4.98 Å². The van der Waals surface area contributed by atoms with Gasteiger partial charge in [0.2, 0.25) is 0 Å². The Hall–Kier alpha value is -1.39. The molecular weight excluding hydrogens is 192 g/mol. The molecule has 0 fully saturated rings. The lowest BCUT2D eigenvalue weighted by Gasteiger charge is -2.11. The van der Waals surface area contributed by atoms with Gasteiger partial charge in [0.15, 0.2) is 6.29 Å². The number of imidazole rings is 1. The summed E-state index contributed by atoms with van der Waals surface area (Å²) in [4.78, 5) is 4.40. The smallest absolute Gasteiger partial charge is 0.172 e. The fourth-order valence-corrected chi connectivity index (χ4v) is 1.66. The van der Waals surface area contributed by atoms with E-state index in [1.807, 2.05) is 35.8 Å². The number of aryl methyl sites for hydroxylation is 1. The molecule has 0 amide bonds. The Labute approximate surface area is 88.1 Å². The molecule has 1 aromatic carbocycles. The van der Waals surface area contributed by atoms with Crippen LogP contribution >= 0.6 is 0 Å². The first-order valence-corrected chi connectivity index (χ1v) is 4.85. The van der Waals surface area contributed by atoms with Gasteiger partial charge in [0.25, 0.3) is 0 Å². The Bertz CT molecular complexity index is 465. The number of aliphatic hydroxyl groups is 1. The summed E-state index contributed by atoms with van der Waals surface area (Å²) < 4.78 is 6.78. The van der Waals surface area contributed by atoms with Gasteiger partial charge >= 0.3 is 0 Å². The van der Waals surface area contributed by atoms with Crippen LogP contribution in [0.5, 0.6) is 0 Å². The van der Waals surface area contributed by atoms with Crippen molar-refractivity contribution in [2.45, 2.75) is 19.8 Å². The SMILES string of the molecule is COC(O)Cn1c(C)nc2ccccc21. The van der Waals surface area contributed by atoms with Crippen molar-refractivity contribution >= 4 is 11.0 Å². The summed E-state index contributed by atoms with van der Waals surface area (Å²) in [7, 11) is 1.49. The third-order valence-electron chi connectivity index (χ3n) is 2.46. The number of benzene rings is 1. The molecule has 1 atom stereocenters. The molecule has 0 radical (unpaired) electrons. The lowest BCUT2D eigenvalue weighted by Crippen LogP contribution is -2.18. The second-order valence-electron chi connectivity index (χ2n) is 3.45. The number of ether oxygens (including phenoxy) is 1. The minimum Gasteiger partial charge on any atom is -0.366 e. The lowest BCUT2D eigenvalue weighted by atomic mass is 10.3. The predicted octanol–water partition coefficient (Wildman–Crippen LogP) is 1.31. The molecule has 0 aliphatic heterocycles. The molecule has 0 spiro atoms. The van der Waals surface area contributed by atoms with Gasteiger partial charge in [0.05, 0.1) is 17.6 Å². The van der Waals surface area contributed by atoms with Crippen LogP contribution in [-0.2, 0) is 11.3 Å². The summed E-state index contributed by atoms with van der Waals surface area (Å²) in [6.45, 7) is 2.32. The average Bonchev–Trinajstić information content (AvgIpc) is 2.55. The van der Waals surface area contributed by atoms with Crippen molar-refractivity contribution in [1.29, 1.82) is 0 Å². The number of methoxy groups -OCH3 is 1. The van der Waals surface area contributed by atoms with Gasteiger partial charge < -0.3 is 14.4 Å². The van der Waals surface area contributed by atoms with Crippen molar-refractivity contribution in [2.24, 2.45) is 0 Å². The second-order valence-corrected chi connectivity index (χ2v) is 3.45. The van der Waals surface area contributed by atoms with Crippen LogP contribution in [0.25, 0.3) is 11.0 Å². The molecule has 0 saturated carbocycles. The number of aromatic nitrogens is 2. The van der Waals surface area contributed by atoms with Crippen molar-refractivity contribution in [3.8, 4) is 0 Å². The Morgan fingerprint density at radius 2 is 2.20 bits per heavy atom. The topological polar surface area (TPSA) is 47.3 Å². The molecule has 1 aromatic heterocycles. The first kappa shape index (κ1) is 10.1. The van der Waals surface area contributed by atoms with E-state index >= 15 is 0 Å². The molecule has 2 aromatic rings. The highest BCUT2D eigenvalue weighted by molar-refractivity contribution is 5.75. The van der Waals surface area contributed by atoms with E-state index in [1.54, 1.807) is 0 Å². The van der Waals surface area contributed by atoms with Crippen molar-refractivity contribution < 1.29 is 9.84 Å². The van der Waals surface area contributed by atoms with Crippen LogP contribution in [0, 0.1) is 6.92 Å². The van der Waals surface area contributed by atoms with Gasteiger partial charge in [-0.1, -0.05) is 12.1 Å². The first-order chi connectivity index (χ1) is 7.22. The molecule has 0 aliphatic rings. The molecule has 0 aliphatic carbocycles. The molecule has 1 heterocycles. The molecule has 1 unspecified atom stereocenters. The minimum atomic E-state index is -0.790. The fraction of sp³-hybridized carbons (Fsp3) is 0.364. The summed E-state index contributed by atoms with van der Waals surface area (Å²) in [5.74, 6) is 0.882. The highest BCUT2D eigenvalue weighted by Crippen LogP contribution is 2.15. The number of nitrogens with zero attached hydrogens (tertiary/aromatic N) is 2. The van der Waals surface area contributed by atoms with Crippen LogP contribution in [0.15, 0.2) is 24.3 Å². The Morgan fingerprint density at radius 3 is 2.93 bits per heavy atom. The lowest BCUT2D eigenvalue weighted by molar-refractivity contribution is -0.0831. The quantitative estimate of drug-likeness (QED) is 0.770. The minimum absolute atomic E-state index is 0.406. The molecule has 4 nitrogen and oxygen atoms in total. The molecule has 0 bridgehead atoms. The van der Waals surface area contributed by atoms with Gasteiger partial charge in [-0.15, -0.1) is 0 Å². The van der Waals surface area contributed by atoms with E-state index in [4.69, 9.17) is 4.74 Å². The third-order valence-corrected chi connectivity index (χ3v) is 2.46. The van der Waals surface area contributed by atoms with E-state index in [0.717, 1.165) is 16.9 Å². The number of para-hydroxylation sites is 2. The normalized spacial score (nSPS) is 13.3. The molecule has 80 valence electrons. The maximum Gasteiger partial charge on any atom is 0.172 e. The fourth-order valence-electron chi connectivity index (χ4n) is 1.66. The average molecular weight is 206 g/mol. The highest BCUT2D eigenvalue weighted by Gasteiger charge is 2.10. The van der Waals surface area contributed by atoms with Crippen molar-refractivity contribution in [3.63, 3.8) is 0 Å². The maximum atomic E-state index is 9.44. The Balaban J connectivity index is 2.45. The highest BCUT2D eigenvalue weighted by atomic mass is 16.6. The molecule has 4 heteroatoms. The van der Waals surface area contributed by atoms with Crippen LogP contribution < -0.4 is 0 Å².